The Kier molecular flexibility index (Phi) is 4.93. The molecular formula is C15H23N3O2. The van der Waals surface area contributed by atoms with Gasteiger partial charge in [0, 0.05) is 37.4 Å². The molecule has 2 heterocycles. The van der Waals surface area contributed by atoms with Crippen LogP contribution in [0.2, 0.25) is 0 Å². The predicted octanol–water partition coefficient (Wildman–Crippen LogP) is 1.88. The topological polar surface area (TPSA) is 55.2 Å². The summed E-state index contributed by atoms with van der Waals surface area (Å²) in [7, 11) is 0. The first-order valence-electron chi connectivity index (χ1n) is 7.45. The van der Waals surface area contributed by atoms with E-state index < -0.39 is 0 Å². The van der Waals surface area contributed by atoms with E-state index in [4.69, 9.17) is 0 Å². The first kappa shape index (κ1) is 14.8. The van der Waals surface area contributed by atoms with E-state index in [0.29, 0.717) is 6.54 Å². The number of rotatable bonds is 7. The minimum atomic E-state index is -0.288. The van der Waals surface area contributed by atoms with Gasteiger partial charge in [-0.1, -0.05) is 26.7 Å². The number of imidazole rings is 1. The van der Waals surface area contributed by atoms with Gasteiger partial charge in [-0.05, 0) is 12.8 Å². The highest BCUT2D eigenvalue weighted by Gasteiger charge is 2.43. The van der Waals surface area contributed by atoms with Crippen molar-refractivity contribution < 1.29 is 9.59 Å². The molecule has 110 valence electrons. The number of nitrogens with zero attached hydrogens (tertiary/aromatic N) is 3. The molecular weight excluding hydrogens is 254 g/mol. The minimum absolute atomic E-state index is 0.0951. The van der Waals surface area contributed by atoms with Crippen molar-refractivity contribution in [3.8, 4) is 0 Å². The van der Waals surface area contributed by atoms with Crippen LogP contribution in [-0.4, -0.2) is 38.7 Å². The first-order chi connectivity index (χ1) is 9.65. The van der Waals surface area contributed by atoms with Gasteiger partial charge in [0.25, 0.3) is 5.91 Å². The quantitative estimate of drug-likeness (QED) is 0.715. The predicted molar refractivity (Wildman–Crippen MR) is 76.0 cm³/mol. The fourth-order valence-corrected chi connectivity index (χ4v) is 2.86. The number of Topliss-reactive ketones (excluding diaryl/α,β-unsaturated/α-hetero) is 1. The van der Waals surface area contributed by atoms with Crippen molar-refractivity contribution in [2.45, 2.75) is 52.1 Å². The lowest BCUT2D eigenvalue weighted by Crippen LogP contribution is -2.36. The van der Waals surface area contributed by atoms with E-state index in [0.717, 1.165) is 32.2 Å². The Labute approximate surface area is 120 Å². The number of aromatic nitrogens is 2. The van der Waals surface area contributed by atoms with Crippen molar-refractivity contribution in [1.82, 2.24) is 14.5 Å². The van der Waals surface area contributed by atoms with Crippen LogP contribution < -0.4 is 0 Å². The molecule has 20 heavy (non-hydrogen) atoms. The number of hydrogen-bond acceptors (Lipinski definition) is 3. The second kappa shape index (κ2) is 6.68. The van der Waals surface area contributed by atoms with Crippen LogP contribution in [0.25, 0.3) is 0 Å². The Morgan fingerprint density at radius 1 is 1.25 bits per heavy atom. The van der Waals surface area contributed by atoms with Crippen LogP contribution in [0.15, 0.2) is 18.7 Å². The van der Waals surface area contributed by atoms with Gasteiger partial charge in [0.1, 0.15) is 0 Å². The van der Waals surface area contributed by atoms with E-state index in [9.17, 15) is 9.59 Å². The molecule has 1 fully saturated rings. The minimum Gasteiger partial charge on any atom is -0.337 e. The maximum atomic E-state index is 12.0. The zero-order valence-corrected chi connectivity index (χ0v) is 12.3. The zero-order chi connectivity index (χ0) is 14.5. The van der Waals surface area contributed by atoms with Gasteiger partial charge in [0.2, 0.25) is 5.78 Å². The molecule has 1 aromatic rings. The van der Waals surface area contributed by atoms with Crippen LogP contribution in [0.3, 0.4) is 0 Å². The molecule has 0 spiro atoms. The van der Waals surface area contributed by atoms with Crippen molar-refractivity contribution in [1.29, 1.82) is 0 Å². The largest absolute Gasteiger partial charge is 0.337 e. The maximum absolute atomic E-state index is 12.0. The van der Waals surface area contributed by atoms with Crippen molar-refractivity contribution >= 4 is 11.7 Å². The van der Waals surface area contributed by atoms with Crippen LogP contribution in [0, 0.1) is 5.92 Å². The highest BCUT2D eigenvalue weighted by molar-refractivity contribution is 6.39. The SMILES string of the molecule is CCCCC1C(C)C(=O)C(=O)N1CCCn1ccnc1. The fourth-order valence-electron chi connectivity index (χ4n) is 2.86. The summed E-state index contributed by atoms with van der Waals surface area (Å²) in [6.07, 6.45) is 9.37. The molecule has 1 aromatic heterocycles. The first-order valence-corrected chi connectivity index (χ1v) is 7.45. The standard InChI is InChI=1S/C15H23N3O2/c1-3-4-6-13-12(2)14(19)15(20)18(13)9-5-8-17-10-7-16-11-17/h7,10-13H,3-6,8-9H2,1-2H3. The van der Waals surface area contributed by atoms with Gasteiger partial charge in [-0.3, -0.25) is 9.59 Å². The number of carbonyl (C=O) groups is 2. The molecule has 0 aromatic carbocycles. The molecule has 0 N–H and O–H groups in total. The molecule has 1 amide bonds. The van der Waals surface area contributed by atoms with Gasteiger partial charge in [0.15, 0.2) is 0 Å². The third-order valence-electron chi connectivity index (χ3n) is 4.09. The summed E-state index contributed by atoms with van der Waals surface area (Å²) in [4.78, 5) is 29.7. The van der Waals surface area contributed by atoms with Gasteiger partial charge >= 0.3 is 0 Å². The molecule has 0 radical (unpaired) electrons. The summed E-state index contributed by atoms with van der Waals surface area (Å²) >= 11 is 0. The lowest BCUT2D eigenvalue weighted by molar-refractivity contribution is -0.141. The number of likely N-dealkylation sites (tertiary alicyclic amines) is 1. The van der Waals surface area contributed by atoms with E-state index in [1.165, 1.54) is 0 Å². The van der Waals surface area contributed by atoms with Crippen molar-refractivity contribution in [2.24, 2.45) is 5.92 Å². The molecule has 0 aliphatic carbocycles. The summed E-state index contributed by atoms with van der Waals surface area (Å²) < 4.78 is 1.99. The molecule has 5 heteroatoms. The molecule has 5 nitrogen and oxygen atoms in total. The normalized spacial score (nSPS) is 22.8. The second-order valence-corrected chi connectivity index (χ2v) is 5.52. The van der Waals surface area contributed by atoms with E-state index in [2.05, 4.69) is 11.9 Å². The van der Waals surface area contributed by atoms with Crippen LogP contribution in [0.5, 0.6) is 0 Å². The number of unbranched alkanes of at least 4 members (excludes halogenated alkanes) is 1. The Morgan fingerprint density at radius 2 is 2.05 bits per heavy atom. The number of carbonyl (C=O) groups excluding carboxylic acids is 2. The van der Waals surface area contributed by atoms with Crippen LogP contribution in [0.4, 0.5) is 0 Å². The van der Waals surface area contributed by atoms with E-state index in [1.54, 1.807) is 17.4 Å². The lowest BCUT2D eigenvalue weighted by atomic mass is 9.97. The number of aryl methyl sites for hydroxylation is 1. The zero-order valence-electron chi connectivity index (χ0n) is 12.3. The average molecular weight is 277 g/mol. The molecule has 1 saturated heterocycles. The van der Waals surface area contributed by atoms with Crippen molar-refractivity contribution in [3.63, 3.8) is 0 Å². The monoisotopic (exact) mass is 277 g/mol. The number of ketones is 1. The highest BCUT2D eigenvalue weighted by atomic mass is 16.2. The summed E-state index contributed by atoms with van der Waals surface area (Å²) in [5.41, 5.74) is 0. The van der Waals surface area contributed by atoms with Crippen molar-refractivity contribution in [3.05, 3.63) is 18.7 Å². The third-order valence-corrected chi connectivity index (χ3v) is 4.09. The molecule has 0 saturated carbocycles. The highest BCUT2D eigenvalue weighted by Crippen LogP contribution is 2.26. The van der Waals surface area contributed by atoms with E-state index in [1.807, 2.05) is 17.7 Å². The maximum Gasteiger partial charge on any atom is 0.290 e. The second-order valence-electron chi connectivity index (χ2n) is 5.52. The molecule has 2 atom stereocenters. The molecule has 0 bridgehead atoms. The Hall–Kier alpha value is -1.65. The van der Waals surface area contributed by atoms with Crippen molar-refractivity contribution in [2.75, 3.05) is 6.54 Å². The van der Waals surface area contributed by atoms with Crippen LogP contribution >= 0.6 is 0 Å². The summed E-state index contributed by atoms with van der Waals surface area (Å²) in [6, 6.07) is 0.0951. The third kappa shape index (κ3) is 3.08. The summed E-state index contributed by atoms with van der Waals surface area (Å²) in [5, 5.41) is 0. The summed E-state index contributed by atoms with van der Waals surface area (Å²) in [6.45, 7) is 5.50. The fraction of sp³-hybridized carbons (Fsp3) is 0.667. The van der Waals surface area contributed by atoms with Gasteiger partial charge in [-0.2, -0.15) is 0 Å². The van der Waals surface area contributed by atoms with Gasteiger partial charge in [-0.15, -0.1) is 0 Å². The molecule has 1 aliphatic heterocycles. The number of amides is 1. The van der Waals surface area contributed by atoms with Gasteiger partial charge in [0.05, 0.1) is 6.33 Å². The van der Waals surface area contributed by atoms with Crippen LogP contribution in [0.1, 0.15) is 39.5 Å². The van der Waals surface area contributed by atoms with E-state index in [-0.39, 0.29) is 23.7 Å². The number of hydrogen-bond donors (Lipinski definition) is 0. The van der Waals surface area contributed by atoms with E-state index >= 15 is 0 Å². The molecule has 2 unspecified atom stereocenters. The van der Waals surface area contributed by atoms with Gasteiger partial charge < -0.3 is 9.47 Å². The lowest BCUT2D eigenvalue weighted by Gasteiger charge is -2.26. The van der Waals surface area contributed by atoms with Crippen LogP contribution in [-0.2, 0) is 16.1 Å². The van der Waals surface area contributed by atoms with Gasteiger partial charge in [-0.25, -0.2) is 4.98 Å². The Balaban J connectivity index is 1.92. The smallest absolute Gasteiger partial charge is 0.290 e. The molecule has 2 rings (SSSR count). The average Bonchev–Trinajstić information content (AvgIpc) is 3.02. The Morgan fingerprint density at radius 3 is 2.70 bits per heavy atom. The Bertz CT molecular complexity index is 456. The molecule has 1 aliphatic rings. The summed E-state index contributed by atoms with van der Waals surface area (Å²) in [5.74, 6) is -0.653.